The number of carbonyl (C=O) groups is 1. The van der Waals surface area contributed by atoms with Crippen molar-refractivity contribution in [3.05, 3.63) is 126 Å². The smallest absolute Gasteiger partial charge is 0.267 e. The number of nitrogens with zero attached hydrogens (tertiary/aromatic N) is 3. The third kappa shape index (κ3) is 7.51. The van der Waals surface area contributed by atoms with Gasteiger partial charge in [0.2, 0.25) is 0 Å². The molecule has 1 unspecified atom stereocenters. The maximum atomic E-state index is 12.1. The average Bonchev–Trinajstić information content (AvgIpc) is 3.40. The Balaban J connectivity index is 1.36. The zero-order valence-corrected chi connectivity index (χ0v) is 20.0. The Morgan fingerprint density at radius 2 is 1.67 bits per heavy atom. The maximum Gasteiger partial charge on any atom is 0.267 e. The molecular weight excluding hydrogens is 452 g/mol. The Morgan fingerprint density at radius 3 is 2.39 bits per heavy atom. The van der Waals surface area contributed by atoms with E-state index in [1.807, 2.05) is 71.5 Å². The van der Waals surface area contributed by atoms with Gasteiger partial charge in [0, 0.05) is 6.08 Å². The van der Waals surface area contributed by atoms with E-state index in [4.69, 9.17) is 9.57 Å². The largest absolute Gasteiger partial charge is 0.497 e. The highest BCUT2D eigenvalue weighted by atomic mass is 16.6. The fourth-order valence-corrected chi connectivity index (χ4v) is 3.53. The molecule has 1 atom stereocenters. The van der Waals surface area contributed by atoms with Crippen molar-refractivity contribution >= 4 is 18.1 Å². The van der Waals surface area contributed by atoms with Crippen LogP contribution >= 0.6 is 0 Å². The Hall–Kier alpha value is -4.49. The summed E-state index contributed by atoms with van der Waals surface area (Å²) in [5.74, 6) is 0.378. The van der Waals surface area contributed by atoms with Gasteiger partial charge in [-0.2, -0.15) is 0 Å². The molecule has 1 aromatic heterocycles. The highest BCUT2D eigenvalue weighted by Gasteiger charge is 2.11. The van der Waals surface area contributed by atoms with Crippen molar-refractivity contribution in [1.29, 1.82) is 0 Å². The number of nitrogens with one attached hydrogen (secondary N) is 1. The van der Waals surface area contributed by atoms with Crippen LogP contribution in [-0.2, 0) is 22.7 Å². The molecule has 0 saturated carbocycles. The third-order valence-corrected chi connectivity index (χ3v) is 5.44. The number of hydrogen-bond donors (Lipinski definition) is 1. The molecule has 0 aliphatic carbocycles. The van der Waals surface area contributed by atoms with Gasteiger partial charge in [-0.1, -0.05) is 90.2 Å². The normalized spacial score (nSPS) is 12.1. The second kappa shape index (κ2) is 12.8. The van der Waals surface area contributed by atoms with Crippen LogP contribution in [0.25, 0.3) is 12.2 Å². The van der Waals surface area contributed by atoms with Gasteiger partial charge in [-0.05, 0) is 41.3 Å². The van der Waals surface area contributed by atoms with Gasteiger partial charge in [0.15, 0.2) is 0 Å². The molecule has 4 aromatic rings. The van der Waals surface area contributed by atoms with E-state index < -0.39 is 0 Å². The molecule has 1 N–H and O–H groups in total. The molecule has 1 heterocycles. The van der Waals surface area contributed by atoms with E-state index in [0.717, 1.165) is 23.3 Å². The molecule has 7 nitrogen and oxygen atoms in total. The zero-order valence-electron chi connectivity index (χ0n) is 20.0. The van der Waals surface area contributed by atoms with Crippen LogP contribution in [0.4, 0.5) is 0 Å². The van der Waals surface area contributed by atoms with Crippen LogP contribution < -0.4 is 10.2 Å². The first kappa shape index (κ1) is 24.6. The first-order chi connectivity index (χ1) is 17.7. The molecule has 7 heteroatoms. The number of hydrogen-bond acceptors (Lipinski definition) is 5. The van der Waals surface area contributed by atoms with E-state index in [9.17, 15) is 4.79 Å². The molecular formula is C29H28N4O3. The van der Waals surface area contributed by atoms with Crippen LogP contribution in [0.5, 0.6) is 5.75 Å². The monoisotopic (exact) mass is 480 g/mol. The van der Waals surface area contributed by atoms with Crippen molar-refractivity contribution in [1.82, 2.24) is 20.5 Å². The molecule has 1 amide bonds. The minimum Gasteiger partial charge on any atom is -0.497 e. The molecule has 0 spiro atoms. The van der Waals surface area contributed by atoms with Crippen LogP contribution in [0, 0.1) is 0 Å². The van der Waals surface area contributed by atoms with Gasteiger partial charge >= 0.3 is 0 Å². The number of ether oxygens (including phenoxy) is 1. The summed E-state index contributed by atoms with van der Waals surface area (Å²) >= 11 is 0. The first-order valence-electron chi connectivity index (χ1n) is 11.6. The van der Waals surface area contributed by atoms with Crippen molar-refractivity contribution < 1.29 is 14.4 Å². The predicted molar refractivity (Wildman–Crippen MR) is 140 cm³/mol. The number of amides is 1. The summed E-state index contributed by atoms with van der Waals surface area (Å²) in [7, 11) is 1.61. The molecule has 0 bridgehead atoms. The minimum absolute atomic E-state index is 0.0380. The highest BCUT2D eigenvalue weighted by Crippen LogP contribution is 2.18. The van der Waals surface area contributed by atoms with E-state index in [2.05, 4.69) is 52.2 Å². The molecule has 36 heavy (non-hydrogen) atoms. The van der Waals surface area contributed by atoms with Crippen LogP contribution in [0.1, 0.15) is 28.4 Å². The molecule has 0 radical (unpaired) electrons. The van der Waals surface area contributed by atoms with Crippen molar-refractivity contribution in [3.63, 3.8) is 0 Å². The molecule has 0 aliphatic rings. The summed E-state index contributed by atoms with van der Waals surface area (Å²) in [5.41, 5.74) is 6.20. The fraction of sp³-hybridized carbons (Fsp3) is 0.138. The molecule has 0 aliphatic heterocycles. The van der Waals surface area contributed by atoms with E-state index in [0.29, 0.717) is 5.69 Å². The number of rotatable bonds is 11. The summed E-state index contributed by atoms with van der Waals surface area (Å²) in [6.45, 7) is 0.245. The lowest BCUT2D eigenvalue weighted by Gasteiger charge is -2.13. The quantitative estimate of drug-likeness (QED) is 0.240. The lowest BCUT2D eigenvalue weighted by atomic mass is 10.0. The average molecular weight is 481 g/mol. The zero-order chi connectivity index (χ0) is 25.0. The van der Waals surface area contributed by atoms with E-state index in [1.54, 1.807) is 13.2 Å². The fourth-order valence-electron chi connectivity index (χ4n) is 3.53. The lowest BCUT2D eigenvalue weighted by Crippen LogP contribution is -2.21. The van der Waals surface area contributed by atoms with E-state index in [1.165, 1.54) is 11.6 Å². The number of aromatic nitrogens is 3. The SMILES string of the molecule is COc1ccc(CONC(=O)/C=C/c2cn(C(/C=C/c3ccccc3)Cc3ccccc3)nn2)cc1. The van der Waals surface area contributed by atoms with Gasteiger partial charge in [-0.25, -0.2) is 10.2 Å². The summed E-state index contributed by atoms with van der Waals surface area (Å²) in [4.78, 5) is 17.4. The highest BCUT2D eigenvalue weighted by molar-refractivity contribution is 5.90. The van der Waals surface area contributed by atoms with Gasteiger partial charge in [0.25, 0.3) is 5.91 Å². The Morgan fingerprint density at radius 1 is 0.944 bits per heavy atom. The Kier molecular flexibility index (Phi) is 8.78. The molecule has 4 rings (SSSR count). The topological polar surface area (TPSA) is 78.3 Å². The van der Waals surface area contributed by atoms with Gasteiger partial charge < -0.3 is 4.74 Å². The Bertz CT molecular complexity index is 1280. The number of allylic oxidation sites excluding steroid dienone is 1. The van der Waals surface area contributed by atoms with Crippen LogP contribution in [0.15, 0.2) is 103 Å². The number of benzene rings is 3. The van der Waals surface area contributed by atoms with Crippen molar-refractivity contribution in [2.75, 3.05) is 7.11 Å². The standard InChI is InChI=1S/C29H28N4O3/c1-35-28-17-13-25(14-18-28)22-36-31-29(34)19-15-26-21-33(32-30-26)27(20-24-10-6-3-7-11-24)16-12-23-8-4-2-5-9-23/h2-19,21,27H,20,22H2,1H3,(H,31,34)/b16-12+,19-15+. The number of methoxy groups -OCH3 is 1. The summed E-state index contributed by atoms with van der Waals surface area (Å²) in [6, 6.07) is 27.8. The van der Waals surface area contributed by atoms with Gasteiger partial charge in [-0.3, -0.25) is 9.63 Å². The van der Waals surface area contributed by atoms with Gasteiger partial charge in [-0.15, -0.1) is 5.10 Å². The lowest BCUT2D eigenvalue weighted by molar-refractivity contribution is -0.129. The van der Waals surface area contributed by atoms with Gasteiger partial charge in [0.05, 0.1) is 26.0 Å². The first-order valence-corrected chi connectivity index (χ1v) is 11.6. The van der Waals surface area contributed by atoms with E-state index >= 15 is 0 Å². The van der Waals surface area contributed by atoms with Crippen LogP contribution in [-0.4, -0.2) is 28.0 Å². The molecule has 0 fully saturated rings. The second-order valence-corrected chi connectivity index (χ2v) is 8.09. The third-order valence-electron chi connectivity index (χ3n) is 5.44. The van der Waals surface area contributed by atoms with Crippen LogP contribution in [0.3, 0.4) is 0 Å². The maximum absolute atomic E-state index is 12.1. The van der Waals surface area contributed by atoms with Crippen molar-refractivity contribution in [3.8, 4) is 5.75 Å². The van der Waals surface area contributed by atoms with Gasteiger partial charge in [0.1, 0.15) is 11.4 Å². The summed E-state index contributed by atoms with van der Waals surface area (Å²) in [6.07, 6.45) is 9.76. The molecule has 0 saturated heterocycles. The second-order valence-electron chi connectivity index (χ2n) is 8.09. The number of carbonyl (C=O) groups excluding carboxylic acids is 1. The van der Waals surface area contributed by atoms with Crippen molar-refractivity contribution in [2.24, 2.45) is 0 Å². The summed E-state index contributed by atoms with van der Waals surface area (Å²) in [5, 5.41) is 8.52. The van der Waals surface area contributed by atoms with Crippen LogP contribution in [0.2, 0.25) is 0 Å². The predicted octanol–water partition coefficient (Wildman–Crippen LogP) is 5.05. The Labute approximate surface area is 210 Å². The molecule has 182 valence electrons. The summed E-state index contributed by atoms with van der Waals surface area (Å²) < 4.78 is 6.94. The number of hydroxylamine groups is 1. The van der Waals surface area contributed by atoms with Crippen molar-refractivity contribution in [2.45, 2.75) is 19.1 Å². The molecule has 3 aromatic carbocycles. The van der Waals surface area contributed by atoms with E-state index in [-0.39, 0.29) is 18.6 Å². The minimum atomic E-state index is -0.386.